The van der Waals surface area contributed by atoms with Crippen molar-refractivity contribution in [3.63, 3.8) is 0 Å². The van der Waals surface area contributed by atoms with Crippen molar-refractivity contribution < 1.29 is 9.13 Å². The van der Waals surface area contributed by atoms with E-state index in [1.807, 2.05) is 36.5 Å². The largest absolute Gasteiger partial charge is 0.497 e. The van der Waals surface area contributed by atoms with E-state index in [-0.39, 0.29) is 0 Å². The van der Waals surface area contributed by atoms with Crippen LogP contribution in [0.25, 0.3) is 56.0 Å². The van der Waals surface area contributed by atoms with Crippen molar-refractivity contribution in [2.24, 2.45) is 0 Å². The third-order valence-electron chi connectivity index (χ3n) is 7.04. The first-order valence-electron chi connectivity index (χ1n) is 13.4. The standard InChI is InChI=1S/C32H25FN8O/c1-42-24-11-21(10-23(33)12-24)29-31-26(7-8-36-29)38-32(39-31)30-25-13-27(37-18-28(25)40-41-30)22-9-20(16-35-17-22)15-34-14-19-5-3-2-4-6-19/h2-13,16-18,34H,14-15H2,1H3,(H,38,39)(H,40,41). The van der Waals surface area contributed by atoms with E-state index in [0.29, 0.717) is 40.6 Å². The summed E-state index contributed by atoms with van der Waals surface area (Å²) < 4.78 is 19.5. The molecule has 206 valence electrons. The summed E-state index contributed by atoms with van der Waals surface area (Å²) in [4.78, 5) is 21.8. The summed E-state index contributed by atoms with van der Waals surface area (Å²) in [6.07, 6.45) is 7.09. The molecular weight excluding hydrogens is 531 g/mol. The zero-order valence-corrected chi connectivity index (χ0v) is 22.6. The summed E-state index contributed by atoms with van der Waals surface area (Å²) in [5.74, 6) is 0.550. The number of hydrogen-bond donors (Lipinski definition) is 3. The molecule has 0 saturated heterocycles. The van der Waals surface area contributed by atoms with Crippen LogP contribution in [0.5, 0.6) is 5.75 Å². The zero-order chi connectivity index (χ0) is 28.5. The Morgan fingerprint density at radius 3 is 2.60 bits per heavy atom. The lowest BCUT2D eigenvalue weighted by Crippen LogP contribution is -2.12. The van der Waals surface area contributed by atoms with Gasteiger partial charge in [0.05, 0.1) is 35.7 Å². The van der Waals surface area contributed by atoms with Crippen LogP contribution >= 0.6 is 0 Å². The van der Waals surface area contributed by atoms with Gasteiger partial charge in [-0.2, -0.15) is 5.10 Å². The lowest BCUT2D eigenvalue weighted by molar-refractivity contribution is 0.411. The van der Waals surface area contributed by atoms with Gasteiger partial charge in [0, 0.05) is 54.3 Å². The zero-order valence-electron chi connectivity index (χ0n) is 22.6. The molecule has 0 amide bonds. The van der Waals surface area contributed by atoms with E-state index in [0.717, 1.165) is 39.8 Å². The summed E-state index contributed by atoms with van der Waals surface area (Å²) in [6.45, 7) is 1.45. The van der Waals surface area contributed by atoms with Crippen LogP contribution in [-0.2, 0) is 13.1 Å². The maximum Gasteiger partial charge on any atom is 0.159 e. The lowest BCUT2D eigenvalue weighted by Gasteiger charge is -2.07. The maximum atomic E-state index is 14.3. The van der Waals surface area contributed by atoms with Crippen molar-refractivity contribution >= 4 is 21.9 Å². The Hall–Kier alpha value is -5.48. The first kappa shape index (κ1) is 25.5. The van der Waals surface area contributed by atoms with E-state index in [1.165, 1.54) is 24.8 Å². The molecule has 0 spiro atoms. The van der Waals surface area contributed by atoms with Gasteiger partial charge in [-0.25, -0.2) is 9.37 Å². The second-order valence-corrected chi connectivity index (χ2v) is 9.88. The molecule has 0 aliphatic heterocycles. The highest BCUT2D eigenvalue weighted by molar-refractivity contribution is 5.96. The lowest BCUT2D eigenvalue weighted by atomic mass is 10.1. The SMILES string of the molecule is COc1cc(F)cc(-c2nccc3[nH]c(-c4n[nH]c5cnc(-c6cncc(CNCc7ccccc7)c6)cc45)nc23)c1. The van der Waals surface area contributed by atoms with Gasteiger partial charge in [0.1, 0.15) is 22.8 Å². The average molecular weight is 557 g/mol. The van der Waals surface area contributed by atoms with E-state index < -0.39 is 5.82 Å². The van der Waals surface area contributed by atoms with Crippen molar-refractivity contribution in [2.45, 2.75) is 13.1 Å². The van der Waals surface area contributed by atoms with Crippen LogP contribution in [0.15, 0.2) is 91.5 Å². The van der Waals surface area contributed by atoms with E-state index in [1.54, 1.807) is 24.7 Å². The van der Waals surface area contributed by atoms with Gasteiger partial charge >= 0.3 is 0 Å². The number of nitrogens with one attached hydrogen (secondary N) is 3. The molecule has 0 fully saturated rings. The van der Waals surface area contributed by atoms with Crippen molar-refractivity contribution in [3.8, 4) is 39.8 Å². The molecule has 3 N–H and O–H groups in total. The molecular formula is C32H25FN8O. The number of H-pyrrole nitrogens is 2. The van der Waals surface area contributed by atoms with Crippen LogP contribution in [-0.4, -0.2) is 42.2 Å². The molecule has 42 heavy (non-hydrogen) atoms. The van der Waals surface area contributed by atoms with Gasteiger partial charge in [-0.05, 0) is 41.5 Å². The molecule has 2 aromatic carbocycles. The Labute approximate surface area is 239 Å². The number of pyridine rings is 3. The molecule has 0 atom stereocenters. The minimum absolute atomic E-state index is 0.406. The number of aromatic nitrogens is 7. The number of imidazole rings is 1. The molecule has 0 radical (unpaired) electrons. The Bertz CT molecular complexity index is 2040. The van der Waals surface area contributed by atoms with Crippen LogP contribution in [0.3, 0.4) is 0 Å². The third kappa shape index (κ3) is 4.95. The normalized spacial score (nSPS) is 11.4. The van der Waals surface area contributed by atoms with Crippen LogP contribution in [0.4, 0.5) is 4.39 Å². The molecule has 0 unspecified atom stereocenters. The van der Waals surface area contributed by atoms with Crippen LogP contribution < -0.4 is 10.1 Å². The Morgan fingerprint density at radius 1 is 0.833 bits per heavy atom. The number of ether oxygens (including phenoxy) is 1. The summed E-state index contributed by atoms with van der Waals surface area (Å²) in [6, 6.07) is 20.7. The highest BCUT2D eigenvalue weighted by atomic mass is 19.1. The molecule has 0 bridgehead atoms. The van der Waals surface area contributed by atoms with Gasteiger partial charge in [-0.15, -0.1) is 0 Å². The van der Waals surface area contributed by atoms with Crippen molar-refractivity contribution in [1.29, 1.82) is 0 Å². The molecule has 9 nitrogen and oxygen atoms in total. The van der Waals surface area contributed by atoms with E-state index in [4.69, 9.17) is 9.72 Å². The number of rotatable bonds is 8. The predicted molar refractivity (Wildman–Crippen MR) is 159 cm³/mol. The second kappa shape index (κ2) is 10.8. The molecule has 5 heterocycles. The van der Waals surface area contributed by atoms with Crippen molar-refractivity contribution in [2.75, 3.05) is 7.11 Å². The predicted octanol–water partition coefficient (Wildman–Crippen LogP) is 6.06. The highest BCUT2D eigenvalue weighted by Crippen LogP contribution is 2.33. The Balaban J connectivity index is 1.21. The second-order valence-electron chi connectivity index (χ2n) is 9.88. The number of methoxy groups -OCH3 is 1. The van der Waals surface area contributed by atoms with Gasteiger partial charge < -0.3 is 15.0 Å². The molecule has 0 saturated carbocycles. The highest BCUT2D eigenvalue weighted by Gasteiger charge is 2.18. The first-order chi connectivity index (χ1) is 20.6. The molecule has 10 heteroatoms. The quantitative estimate of drug-likeness (QED) is 0.208. The third-order valence-corrected chi connectivity index (χ3v) is 7.04. The number of halogens is 1. The fraction of sp³-hybridized carbons (Fsp3) is 0.0938. The monoisotopic (exact) mass is 556 g/mol. The first-order valence-corrected chi connectivity index (χ1v) is 13.4. The minimum atomic E-state index is -0.414. The van der Waals surface area contributed by atoms with Crippen LogP contribution in [0, 0.1) is 5.82 Å². The van der Waals surface area contributed by atoms with Crippen LogP contribution in [0.1, 0.15) is 11.1 Å². The fourth-order valence-electron chi connectivity index (χ4n) is 5.00. The maximum absolute atomic E-state index is 14.3. The number of fused-ring (bicyclic) bond motifs is 2. The summed E-state index contributed by atoms with van der Waals surface area (Å²) >= 11 is 0. The van der Waals surface area contributed by atoms with Gasteiger partial charge in [-0.3, -0.25) is 20.1 Å². The fourth-order valence-corrected chi connectivity index (χ4v) is 5.00. The van der Waals surface area contributed by atoms with Gasteiger partial charge in [0.2, 0.25) is 0 Å². The molecule has 0 aliphatic carbocycles. The number of aromatic amines is 2. The van der Waals surface area contributed by atoms with Gasteiger partial charge in [-0.1, -0.05) is 30.3 Å². The van der Waals surface area contributed by atoms with Gasteiger partial charge in [0.25, 0.3) is 0 Å². The smallest absolute Gasteiger partial charge is 0.159 e. The van der Waals surface area contributed by atoms with Crippen molar-refractivity contribution in [1.82, 2.24) is 40.4 Å². The van der Waals surface area contributed by atoms with E-state index in [9.17, 15) is 4.39 Å². The summed E-state index contributed by atoms with van der Waals surface area (Å²) in [5.41, 5.74) is 7.84. The van der Waals surface area contributed by atoms with Crippen LogP contribution in [0.2, 0.25) is 0 Å². The minimum Gasteiger partial charge on any atom is -0.497 e. The molecule has 7 rings (SSSR count). The number of hydrogen-bond acceptors (Lipinski definition) is 7. The molecule has 0 aliphatic rings. The van der Waals surface area contributed by atoms with E-state index in [2.05, 4.69) is 53.6 Å². The Morgan fingerprint density at radius 2 is 1.71 bits per heavy atom. The number of benzene rings is 2. The summed E-state index contributed by atoms with van der Waals surface area (Å²) in [7, 11) is 1.50. The average Bonchev–Trinajstić information content (AvgIpc) is 3.65. The van der Waals surface area contributed by atoms with E-state index >= 15 is 0 Å². The van der Waals surface area contributed by atoms with Crippen molar-refractivity contribution in [3.05, 3.63) is 108 Å². The topological polar surface area (TPSA) is 117 Å². The summed E-state index contributed by atoms with van der Waals surface area (Å²) in [5, 5.41) is 11.9. The molecule has 7 aromatic rings. The Kier molecular flexibility index (Phi) is 6.57. The molecule has 5 aromatic heterocycles. The van der Waals surface area contributed by atoms with Gasteiger partial charge in [0.15, 0.2) is 5.82 Å². The number of nitrogens with zero attached hydrogens (tertiary/aromatic N) is 5.